The Morgan fingerprint density at radius 1 is 1.09 bits per heavy atom. The SMILES string of the molecule is CCOC(=O)C(N)C(C=Cc1ccccc1)c1ccccc1.Cl. The molecule has 3 nitrogen and oxygen atoms in total. The van der Waals surface area contributed by atoms with E-state index in [9.17, 15) is 4.79 Å². The lowest BCUT2D eigenvalue weighted by molar-refractivity contribution is -0.144. The molecule has 2 aromatic rings. The van der Waals surface area contributed by atoms with Crippen molar-refractivity contribution in [1.82, 2.24) is 0 Å². The number of rotatable bonds is 6. The molecule has 122 valence electrons. The summed E-state index contributed by atoms with van der Waals surface area (Å²) in [4.78, 5) is 12.0. The van der Waals surface area contributed by atoms with Crippen LogP contribution in [0.4, 0.5) is 0 Å². The van der Waals surface area contributed by atoms with E-state index in [0.29, 0.717) is 6.61 Å². The van der Waals surface area contributed by atoms with Gasteiger partial charge in [0.15, 0.2) is 0 Å². The Labute approximate surface area is 143 Å². The van der Waals surface area contributed by atoms with Gasteiger partial charge in [0.05, 0.1) is 6.61 Å². The Morgan fingerprint density at radius 2 is 1.65 bits per heavy atom. The van der Waals surface area contributed by atoms with Crippen LogP contribution in [-0.2, 0) is 9.53 Å². The van der Waals surface area contributed by atoms with E-state index in [2.05, 4.69) is 0 Å². The van der Waals surface area contributed by atoms with Crippen LogP contribution in [0.3, 0.4) is 0 Å². The molecular formula is C19H22ClNO2. The number of carbonyl (C=O) groups is 1. The monoisotopic (exact) mass is 331 g/mol. The summed E-state index contributed by atoms with van der Waals surface area (Å²) in [5.74, 6) is -0.602. The molecule has 2 unspecified atom stereocenters. The van der Waals surface area contributed by atoms with Gasteiger partial charge in [-0.25, -0.2) is 0 Å². The van der Waals surface area contributed by atoms with Crippen LogP contribution >= 0.6 is 12.4 Å². The fourth-order valence-electron chi connectivity index (χ4n) is 2.28. The first-order valence-electron chi connectivity index (χ1n) is 7.42. The second-order valence-corrected chi connectivity index (χ2v) is 4.98. The van der Waals surface area contributed by atoms with E-state index < -0.39 is 6.04 Å². The van der Waals surface area contributed by atoms with E-state index >= 15 is 0 Å². The first-order chi connectivity index (χ1) is 10.7. The summed E-state index contributed by atoms with van der Waals surface area (Å²) < 4.78 is 5.06. The minimum absolute atomic E-state index is 0. The van der Waals surface area contributed by atoms with E-state index in [1.165, 1.54) is 0 Å². The second-order valence-electron chi connectivity index (χ2n) is 4.98. The highest BCUT2D eigenvalue weighted by Gasteiger charge is 2.25. The van der Waals surface area contributed by atoms with Gasteiger partial charge in [-0.1, -0.05) is 72.8 Å². The number of carbonyl (C=O) groups excluding carboxylic acids is 1. The second kappa shape index (κ2) is 9.82. The Hall–Kier alpha value is -2.10. The third-order valence-corrected chi connectivity index (χ3v) is 3.43. The van der Waals surface area contributed by atoms with Gasteiger partial charge in [-0.3, -0.25) is 4.79 Å². The van der Waals surface area contributed by atoms with Gasteiger partial charge in [0, 0.05) is 5.92 Å². The molecule has 2 atom stereocenters. The Balaban J connectivity index is 0.00000264. The molecule has 2 N–H and O–H groups in total. The van der Waals surface area contributed by atoms with Crippen molar-refractivity contribution in [3.8, 4) is 0 Å². The molecule has 0 spiro atoms. The Kier molecular flexibility index (Phi) is 8.09. The van der Waals surface area contributed by atoms with Crippen LogP contribution in [0.2, 0.25) is 0 Å². The summed E-state index contributed by atoms with van der Waals surface area (Å²) in [5.41, 5.74) is 8.18. The molecule has 4 heteroatoms. The Bertz CT molecular complexity index is 614. The van der Waals surface area contributed by atoms with Crippen LogP contribution in [0.15, 0.2) is 66.7 Å². The van der Waals surface area contributed by atoms with Gasteiger partial charge in [0.1, 0.15) is 6.04 Å². The molecular weight excluding hydrogens is 310 g/mol. The summed E-state index contributed by atoms with van der Waals surface area (Å²) in [6, 6.07) is 19.0. The largest absolute Gasteiger partial charge is 0.465 e. The van der Waals surface area contributed by atoms with E-state index in [1.54, 1.807) is 6.92 Å². The van der Waals surface area contributed by atoms with Gasteiger partial charge in [-0.15, -0.1) is 12.4 Å². The standard InChI is InChI=1S/C19H21NO2.ClH/c1-2-22-19(21)18(20)17(16-11-7-4-8-12-16)14-13-15-9-5-3-6-10-15;/h3-14,17-18H,2,20H2,1H3;1H. The average Bonchev–Trinajstić information content (AvgIpc) is 2.57. The molecule has 2 rings (SSSR count). The zero-order valence-corrected chi connectivity index (χ0v) is 13.9. The number of halogens is 1. The predicted molar refractivity (Wildman–Crippen MR) is 96.5 cm³/mol. The van der Waals surface area contributed by atoms with Crippen LogP contribution in [0.5, 0.6) is 0 Å². The number of ether oxygens (including phenoxy) is 1. The normalized spacial score (nSPS) is 13.1. The minimum Gasteiger partial charge on any atom is -0.465 e. The van der Waals surface area contributed by atoms with E-state index in [-0.39, 0.29) is 24.3 Å². The maximum Gasteiger partial charge on any atom is 0.323 e. The fourth-order valence-corrected chi connectivity index (χ4v) is 2.28. The summed E-state index contributed by atoms with van der Waals surface area (Å²) in [6.07, 6.45) is 3.95. The Morgan fingerprint density at radius 3 is 2.22 bits per heavy atom. The molecule has 0 amide bonds. The predicted octanol–water partition coefficient (Wildman–Crippen LogP) is 3.80. The van der Waals surface area contributed by atoms with Crippen molar-refractivity contribution in [3.63, 3.8) is 0 Å². The molecule has 0 saturated heterocycles. The molecule has 0 bridgehead atoms. The fraction of sp³-hybridized carbons (Fsp3) is 0.211. The number of benzene rings is 2. The first-order valence-corrected chi connectivity index (χ1v) is 7.42. The zero-order chi connectivity index (χ0) is 15.8. The van der Waals surface area contributed by atoms with Crippen LogP contribution in [0.25, 0.3) is 6.08 Å². The molecule has 0 saturated carbocycles. The average molecular weight is 332 g/mol. The molecule has 0 fully saturated rings. The van der Waals surface area contributed by atoms with Crippen molar-refractivity contribution >= 4 is 24.5 Å². The van der Waals surface area contributed by atoms with E-state index in [1.807, 2.05) is 72.8 Å². The molecule has 0 aliphatic carbocycles. The lowest BCUT2D eigenvalue weighted by Crippen LogP contribution is -2.37. The highest BCUT2D eigenvalue weighted by atomic mass is 35.5. The van der Waals surface area contributed by atoms with E-state index in [0.717, 1.165) is 11.1 Å². The molecule has 0 heterocycles. The van der Waals surface area contributed by atoms with Gasteiger partial charge >= 0.3 is 5.97 Å². The highest BCUT2D eigenvalue weighted by molar-refractivity contribution is 5.85. The molecule has 2 aromatic carbocycles. The maximum absolute atomic E-state index is 12.0. The van der Waals surface area contributed by atoms with Crippen molar-refractivity contribution in [2.24, 2.45) is 5.73 Å². The van der Waals surface area contributed by atoms with Crippen LogP contribution in [0.1, 0.15) is 24.0 Å². The van der Waals surface area contributed by atoms with Gasteiger partial charge in [-0.2, -0.15) is 0 Å². The third kappa shape index (κ3) is 5.55. The summed E-state index contributed by atoms with van der Waals surface area (Å²) >= 11 is 0. The van der Waals surface area contributed by atoms with Crippen molar-refractivity contribution in [1.29, 1.82) is 0 Å². The molecule has 0 radical (unpaired) electrons. The third-order valence-electron chi connectivity index (χ3n) is 3.43. The minimum atomic E-state index is -0.720. The van der Waals surface area contributed by atoms with Crippen molar-refractivity contribution in [3.05, 3.63) is 77.9 Å². The molecule has 0 aromatic heterocycles. The van der Waals surface area contributed by atoms with E-state index in [4.69, 9.17) is 10.5 Å². The first kappa shape index (κ1) is 18.9. The number of hydrogen-bond acceptors (Lipinski definition) is 3. The molecule has 0 aliphatic heterocycles. The summed E-state index contributed by atoms with van der Waals surface area (Å²) in [5, 5.41) is 0. The quantitative estimate of drug-likeness (QED) is 0.819. The van der Waals surface area contributed by atoms with Crippen LogP contribution < -0.4 is 5.73 Å². The van der Waals surface area contributed by atoms with Gasteiger partial charge < -0.3 is 10.5 Å². The highest BCUT2D eigenvalue weighted by Crippen LogP contribution is 2.22. The smallest absolute Gasteiger partial charge is 0.323 e. The molecule has 23 heavy (non-hydrogen) atoms. The topological polar surface area (TPSA) is 52.3 Å². The van der Waals surface area contributed by atoms with Gasteiger partial charge in [0.25, 0.3) is 0 Å². The lowest BCUT2D eigenvalue weighted by atomic mass is 9.91. The van der Waals surface area contributed by atoms with Crippen molar-refractivity contribution < 1.29 is 9.53 Å². The van der Waals surface area contributed by atoms with Gasteiger partial charge in [-0.05, 0) is 18.1 Å². The number of esters is 1. The molecule has 0 aliphatic rings. The van der Waals surface area contributed by atoms with Gasteiger partial charge in [0.2, 0.25) is 0 Å². The zero-order valence-electron chi connectivity index (χ0n) is 13.1. The van der Waals surface area contributed by atoms with Crippen LogP contribution in [-0.4, -0.2) is 18.6 Å². The maximum atomic E-state index is 12.0. The lowest BCUT2D eigenvalue weighted by Gasteiger charge is -2.20. The summed E-state index contributed by atoms with van der Waals surface area (Å²) in [7, 11) is 0. The van der Waals surface area contributed by atoms with Crippen molar-refractivity contribution in [2.75, 3.05) is 6.61 Å². The van der Waals surface area contributed by atoms with Crippen molar-refractivity contribution in [2.45, 2.75) is 18.9 Å². The summed E-state index contributed by atoms with van der Waals surface area (Å²) in [6.45, 7) is 2.11. The van der Waals surface area contributed by atoms with Crippen LogP contribution in [0, 0.1) is 0 Å². The number of nitrogens with two attached hydrogens (primary N) is 1. The number of hydrogen-bond donors (Lipinski definition) is 1.